The second-order valence-electron chi connectivity index (χ2n) is 8.19. The van der Waals surface area contributed by atoms with E-state index in [1.807, 2.05) is 31.2 Å². The minimum Gasteiger partial charge on any atom is -0.478 e. The van der Waals surface area contributed by atoms with Crippen molar-refractivity contribution in [1.29, 1.82) is 0 Å². The van der Waals surface area contributed by atoms with E-state index in [1.165, 1.54) is 12.1 Å². The first kappa shape index (κ1) is 23.0. The Hall–Kier alpha value is -4.13. The molecule has 0 heterocycles. The highest BCUT2D eigenvalue weighted by Crippen LogP contribution is 2.44. The lowest BCUT2D eigenvalue weighted by Crippen LogP contribution is -2.36. The number of carboxylic acid groups (broad SMARTS) is 1. The fourth-order valence-electron chi connectivity index (χ4n) is 4.25. The zero-order valence-corrected chi connectivity index (χ0v) is 18.8. The van der Waals surface area contributed by atoms with Crippen LogP contribution in [-0.4, -0.2) is 36.2 Å². The third-order valence-electron chi connectivity index (χ3n) is 6.08. The third kappa shape index (κ3) is 4.93. The van der Waals surface area contributed by atoms with Gasteiger partial charge in [-0.2, -0.15) is 0 Å². The predicted octanol–water partition coefficient (Wildman–Crippen LogP) is 4.89. The van der Waals surface area contributed by atoms with Gasteiger partial charge in [0.15, 0.2) is 0 Å². The molecule has 7 nitrogen and oxygen atoms in total. The molecule has 0 spiro atoms. The van der Waals surface area contributed by atoms with Crippen molar-refractivity contribution in [3.8, 4) is 11.1 Å². The average Bonchev–Trinajstić information content (AvgIpc) is 3.17. The standard InChI is InChI=1S/C27H26N2O5/c1-2-17(25(30)29-19-9-7-8-18(14-19)26(31)32)15-28-27(33)34-16-24-22-12-5-3-10-20(22)21-11-4-6-13-23(21)24/h3-14,17,24H,2,15-16H2,1H3,(H,28,33)(H,29,30)(H,31,32). The number of carbonyl (C=O) groups excluding carboxylic acids is 2. The van der Waals surface area contributed by atoms with Crippen molar-refractivity contribution < 1.29 is 24.2 Å². The molecule has 1 atom stereocenters. The highest BCUT2D eigenvalue weighted by molar-refractivity contribution is 5.95. The van der Waals surface area contributed by atoms with E-state index < -0.39 is 18.0 Å². The number of aromatic carboxylic acids is 1. The van der Waals surface area contributed by atoms with Crippen LogP contribution >= 0.6 is 0 Å². The molecule has 7 heteroatoms. The van der Waals surface area contributed by atoms with Crippen molar-refractivity contribution in [3.05, 3.63) is 89.5 Å². The summed E-state index contributed by atoms with van der Waals surface area (Å²) in [4.78, 5) is 36.2. The number of fused-ring (bicyclic) bond motifs is 3. The number of ether oxygens (including phenoxy) is 1. The van der Waals surface area contributed by atoms with Crippen LogP contribution in [0.2, 0.25) is 0 Å². The van der Waals surface area contributed by atoms with Crippen LogP contribution in [0.4, 0.5) is 10.5 Å². The molecule has 0 radical (unpaired) electrons. The van der Waals surface area contributed by atoms with Gasteiger partial charge in [0.05, 0.1) is 11.5 Å². The molecular weight excluding hydrogens is 432 g/mol. The van der Waals surface area contributed by atoms with Gasteiger partial charge in [-0.1, -0.05) is 61.5 Å². The van der Waals surface area contributed by atoms with E-state index in [9.17, 15) is 14.4 Å². The molecule has 1 aliphatic carbocycles. The maximum Gasteiger partial charge on any atom is 0.407 e. The van der Waals surface area contributed by atoms with Gasteiger partial charge < -0.3 is 20.5 Å². The third-order valence-corrected chi connectivity index (χ3v) is 6.08. The summed E-state index contributed by atoms with van der Waals surface area (Å²) in [6.45, 7) is 2.15. The van der Waals surface area contributed by atoms with Gasteiger partial charge >= 0.3 is 12.1 Å². The molecule has 4 rings (SSSR count). The zero-order chi connectivity index (χ0) is 24.1. The summed E-state index contributed by atoms with van der Waals surface area (Å²) in [5.74, 6) is -1.90. The topological polar surface area (TPSA) is 105 Å². The summed E-state index contributed by atoms with van der Waals surface area (Å²) in [6, 6.07) is 22.2. The normalized spacial score (nSPS) is 12.9. The molecule has 0 bridgehead atoms. The van der Waals surface area contributed by atoms with Gasteiger partial charge in [0, 0.05) is 18.2 Å². The Balaban J connectivity index is 1.32. The predicted molar refractivity (Wildman–Crippen MR) is 129 cm³/mol. The number of nitrogens with one attached hydrogen (secondary N) is 2. The van der Waals surface area contributed by atoms with Gasteiger partial charge in [-0.3, -0.25) is 4.79 Å². The fraction of sp³-hybridized carbons (Fsp3) is 0.222. The molecule has 0 saturated heterocycles. The van der Waals surface area contributed by atoms with E-state index in [4.69, 9.17) is 9.84 Å². The van der Waals surface area contributed by atoms with E-state index in [0.717, 1.165) is 22.3 Å². The van der Waals surface area contributed by atoms with E-state index in [2.05, 4.69) is 34.9 Å². The van der Waals surface area contributed by atoms with Gasteiger partial charge in [0.1, 0.15) is 6.61 Å². The second kappa shape index (κ2) is 10.2. The van der Waals surface area contributed by atoms with E-state index in [-0.39, 0.29) is 30.5 Å². The van der Waals surface area contributed by atoms with Gasteiger partial charge in [-0.05, 0) is 46.9 Å². The number of carbonyl (C=O) groups is 3. The molecule has 0 aromatic heterocycles. The lowest BCUT2D eigenvalue weighted by Gasteiger charge is -2.17. The van der Waals surface area contributed by atoms with E-state index in [1.54, 1.807) is 12.1 Å². The van der Waals surface area contributed by atoms with Crippen LogP contribution in [0.3, 0.4) is 0 Å². The minimum atomic E-state index is -1.07. The highest BCUT2D eigenvalue weighted by atomic mass is 16.5. The molecule has 3 aromatic rings. The number of benzene rings is 3. The number of rotatable bonds is 8. The van der Waals surface area contributed by atoms with Crippen LogP contribution in [0.5, 0.6) is 0 Å². The van der Waals surface area contributed by atoms with Gasteiger partial charge in [-0.25, -0.2) is 9.59 Å². The SMILES string of the molecule is CCC(CNC(=O)OCC1c2ccccc2-c2ccccc21)C(=O)Nc1cccc(C(=O)O)c1. The molecule has 0 saturated carbocycles. The van der Waals surface area contributed by atoms with E-state index in [0.29, 0.717) is 12.1 Å². The molecule has 1 unspecified atom stereocenters. The summed E-state index contributed by atoms with van der Waals surface area (Å²) in [5, 5.41) is 14.5. The smallest absolute Gasteiger partial charge is 0.407 e. The maximum atomic E-state index is 12.6. The molecule has 0 fully saturated rings. The van der Waals surface area contributed by atoms with Crippen molar-refractivity contribution in [1.82, 2.24) is 5.32 Å². The van der Waals surface area contributed by atoms with Crippen LogP contribution in [0.15, 0.2) is 72.8 Å². The largest absolute Gasteiger partial charge is 0.478 e. The Morgan fingerprint density at radius 1 is 0.941 bits per heavy atom. The molecule has 2 amide bonds. The minimum absolute atomic E-state index is 0.0371. The lowest BCUT2D eigenvalue weighted by atomic mass is 9.98. The van der Waals surface area contributed by atoms with Crippen LogP contribution in [0.1, 0.15) is 40.7 Å². The first-order valence-corrected chi connectivity index (χ1v) is 11.2. The van der Waals surface area contributed by atoms with Crippen molar-refractivity contribution in [3.63, 3.8) is 0 Å². The van der Waals surface area contributed by atoms with Crippen molar-refractivity contribution in [2.24, 2.45) is 5.92 Å². The molecule has 3 aromatic carbocycles. The molecule has 174 valence electrons. The summed E-state index contributed by atoms with van der Waals surface area (Å²) in [6.07, 6.45) is -0.0883. The number of anilines is 1. The number of hydrogen-bond acceptors (Lipinski definition) is 4. The molecule has 34 heavy (non-hydrogen) atoms. The van der Waals surface area contributed by atoms with Crippen LogP contribution in [-0.2, 0) is 9.53 Å². The van der Waals surface area contributed by atoms with Gasteiger partial charge in [-0.15, -0.1) is 0 Å². The summed E-state index contributed by atoms with van der Waals surface area (Å²) in [7, 11) is 0. The maximum absolute atomic E-state index is 12.6. The Bertz CT molecular complexity index is 1180. The Labute approximate surface area is 197 Å². The van der Waals surface area contributed by atoms with Gasteiger partial charge in [0.25, 0.3) is 0 Å². The number of carboxylic acids is 1. The summed E-state index contributed by atoms with van der Waals surface area (Å²) in [5.41, 5.74) is 5.05. The number of amides is 2. The number of alkyl carbamates (subject to hydrolysis) is 1. The Morgan fingerprint density at radius 2 is 1.59 bits per heavy atom. The van der Waals surface area contributed by atoms with Crippen molar-refractivity contribution >= 4 is 23.7 Å². The molecule has 1 aliphatic rings. The van der Waals surface area contributed by atoms with Crippen LogP contribution in [0.25, 0.3) is 11.1 Å². The molecular formula is C27H26N2O5. The highest BCUT2D eigenvalue weighted by Gasteiger charge is 2.29. The van der Waals surface area contributed by atoms with Crippen LogP contribution < -0.4 is 10.6 Å². The second-order valence-corrected chi connectivity index (χ2v) is 8.19. The van der Waals surface area contributed by atoms with Crippen molar-refractivity contribution in [2.45, 2.75) is 19.3 Å². The van der Waals surface area contributed by atoms with E-state index >= 15 is 0 Å². The quantitative estimate of drug-likeness (QED) is 0.446. The average molecular weight is 459 g/mol. The summed E-state index contributed by atoms with van der Waals surface area (Å²) >= 11 is 0. The number of hydrogen-bond donors (Lipinski definition) is 3. The molecule has 3 N–H and O–H groups in total. The Morgan fingerprint density at radius 3 is 2.21 bits per heavy atom. The monoisotopic (exact) mass is 458 g/mol. The molecule has 0 aliphatic heterocycles. The van der Waals surface area contributed by atoms with Crippen molar-refractivity contribution in [2.75, 3.05) is 18.5 Å². The first-order chi connectivity index (χ1) is 16.5. The first-order valence-electron chi connectivity index (χ1n) is 11.2. The summed E-state index contributed by atoms with van der Waals surface area (Å²) < 4.78 is 5.53. The fourth-order valence-corrected chi connectivity index (χ4v) is 4.25. The lowest BCUT2D eigenvalue weighted by molar-refractivity contribution is -0.119. The van der Waals surface area contributed by atoms with Crippen LogP contribution in [0, 0.1) is 5.92 Å². The Kier molecular flexibility index (Phi) is 6.92. The van der Waals surface area contributed by atoms with Gasteiger partial charge in [0.2, 0.25) is 5.91 Å². The zero-order valence-electron chi connectivity index (χ0n) is 18.8.